The molecular formula is C18H14N4O. The Kier molecular flexibility index (Phi) is 3.24. The number of ether oxygens (including phenoxy) is 1. The number of rotatable bonds is 3. The summed E-state index contributed by atoms with van der Waals surface area (Å²) in [5.74, 6) is 1.46. The van der Waals surface area contributed by atoms with Crippen molar-refractivity contribution in [2.24, 2.45) is 0 Å². The molecule has 4 heterocycles. The van der Waals surface area contributed by atoms with Crippen molar-refractivity contribution in [3.8, 4) is 22.8 Å². The standard InChI is InChI=1S/C18H14N4O/c1-23-18-5-3-15(11-21-18)14-2-4-17(20-10-14)22-9-7-13-6-8-19-12-16(13)22/h2-12H,1H3. The SMILES string of the molecule is COc1ccc(-c2ccc(-n3ccc4ccncc43)nc2)cn1. The highest BCUT2D eigenvalue weighted by Crippen LogP contribution is 2.22. The van der Waals surface area contributed by atoms with Crippen LogP contribution in [0.25, 0.3) is 27.8 Å². The Morgan fingerprint density at radius 3 is 2.39 bits per heavy atom. The quantitative estimate of drug-likeness (QED) is 0.581. The van der Waals surface area contributed by atoms with Gasteiger partial charge in [-0.15, -0.1) is 0 Å². The zero-order valence-electron chi connectivity index (χ0n) is 12.5. The molecule has 0 bridgehead atoms. The van der Waals surface area contributed by atoms with Gasteiger partial charge in [-0.2, -0.15) is 0 Å². The number of nitrogens with zero attached hydrogens (tertiary/aromatic N) is 4. The molecule has 0 N–H and O–H groups in total. The second kappa shape index (κ2) is 5.53. The fourth-order valence-corrected chi connectivity index (χ4v) is 2.55. The Labute approximate surface area is 133 Å². The van der Waals surface area contributed by atoms with Crippen molar-refractivity contribution in [2.45, 2.75) is 0 Å². The maximum atomic E-state index is 5.08. The second-order valence-electron chi connectivity index (χ2n) is 5.11. The maximum absolute atomic E-state index is 5.08. The lowest BCUT2D eigenvalue weighted by molar-refractivity contribution is 0.398. The van der Waals surface area contributed by atoms with Gasteiger partial charge in [0.15, 0.2) is 0 Å². The monoisotopic (exact) mass is 302 g/mol. The van der Waals surface area contributed by atoms with Crippen molar-refractivity contribution < 1.29 is 4.74 Å². The average molecular weight is 302 g/mol. The zero-order valence-corrected chi connectivity index (χ0v) is 12.5. The number of hydrogen-bond donors (Lipinski definition) is 0. The Hall–Kier alpha value is -3.21. The van der Waals surface area contributed by atoms with E-state index in [-0.39, 0.29) is 0 Å². The summed E-state index contributed by atoms with van der Waals surface area (Å²) < 4.78 is 7.10. The Bertz CT molecular complexity index is 943. The van der Waals surface area contributed by atoms with Crippen molar-refractivity contribution in [3.05, 3.63) is 67.4 Å². The minimum atomic E-state index is 0.602. The van der Waals surface area contributed by atoms with Crippen LogP contribution in [0.3, 0.4) is 0 Å². The van der Waals surface area contributed by atoms with Crippen LogP contribution in [0.15, 0.2) is 67.4 Å². The molecule has 0 spiro atoms. The van der Waals surface area contributed by atoms with E-state index >= 15 is 0 Å². The molecule has 23 heavy (non-hydrogen) atoms. The van der Waals surface area contributed by atoms with Crippen LogP contribution in [0.1, 0.15) is 0 Å². The van der Waals surface area contributed by atoms with Gasteiger partial charge in [0.25, 0.3) is 0 Å². The third kappa shape index (κ3) is 2.42. The first kappa shape index (κ1) is 13.5. The van der Waals surface area contributed by atoms with Crippen LogP contribution < -0.4 is 4.74 Å². The van der Waals surface area contributed by atoms with Gasteiger partial charge < -0.3 is 4.74 Å². The molecular weight excluding hydrogens is 288 g/mol. The molecule has 4 rings (SSSR count). The minimum Gasteiger partial charge on any atom is -0.481 e. The molecule has 0 unspecified atom stereocenters. The van der Waals surface area contributed by atoms with Gasteiger partial charge in [0.05, 0.1) is 18.8 Å². The third-order valence-corrected chi connectivity index (χ3v) is 3.77. The summed E-state index contributed by atoms with van der Waals surface area (Å²) in [5.41, 5.74) is 3.06. The van der Waals surface area contributed by atoms with Crippen LogP contribution >= 0.6 is 0 Å². The van der Waals surface area contributed by atoms with Crippen molar-refractivity contribution in [2.75, 3.05) is 7.11 Å². The van der Waals surface area contributed by atoms with E-state index in [1.807, 2.05) is 53.5 Å². The van der Waals surface area contributed by atoms with Gasteiger partial charge in [0, 0.05) is 47.4 Å². The molecule has 0 aliphatic rings. The molecule has 112 valence electrons. The molecule has 0 atom stereocenters. The zero-order chi connectivity index (χ0) is 15.6. The highest BCUT2D eigenvalue weighted by atomic mass is 16.5. The minimum absolute atomic E-state index is 0.602. The topological polar surface area (TPSA) is 52.8 Å². The van der Waals surface area contributed by atoms with Gasteiger partial charge in [-0.05, 0) is 30.3 Å². The molecule has 5 nitrogen and oxygen atoms in total. The van der Waals surface area contributed by atoms with E-state index in [1.165, 1.54) is 0 Å². The van der Waals surface area contributed by atoms with Gasteiger partial charge in [0.2, 0.25) is 5.88 Å². The van der Waals surface area contributed by atoms with E-state index in [0.717, 1.165) is 27.8 Å². The Morgan fingerprint density at radius 1 is 0.870 bits per heavy atom. The summed E-state index contributed by atoms with van der Waals surface area (Å²) in [7, 11) is 1.61. The Balaban J connectivity index is 1.70. The lowest BCUT2D eigenvalue weighted by Crippen LogP contribution is -1.96. The highest BCUT2D eigenvalue weighted by Gasteiger charge is 2.05. The lowest BCUT2D eigenvalue weighted by atomic mass is 10.1. The molecule has 0 aromatic carbocycles. The first-order chi connectivity index (χ1) is 11.3. The first-order valence-corrected chi connectivity index (χ1v) is 7.23. The average Bonchev–Trinajstić information content (AvgIpc) is 3.06. The number of hydrogen-bond acceptors (Lipinski definition) is 4. The predicted octanol–water partition coefficient (Wildman–Crippen LogP) is 3.49. The van der Waals surface area contributed by atoms with Crippen LogP contribution in [-0.4, -0.2) is 26.6 Å². The summed E-state index contributed by atoms with van der Waals surface area (Å²) in [6.45, 7) is 0. The van der Waals surface area contributed by atoms with Gasteiger partial charge in [-0.1, -0.05) is 0 Å². The van der Waals surface area contributed by atoms with Crippen LogP contribution in [0.4, 0.5) is 0 Å². The second-order valence-corrected chi connectivity index (χ2v) is 5.11. The molecule has 0 saturated carbocycles. The number of pyridine rings is 3. The summed E-state index contributed by atoms with van der Waals surface area (Å²) in [6.07, 6.45) is 9.27. The molecule has 4 aromatic heterocycles. The normalized spacial score (nSPS) is 10.8. The van der Waals surface area contributed by atoms with E-state index in [0.29, 0.717) is 5.88 Å². The van der Waals surface area contributed by atoms with Gasteiger partial charge in [0.1, 0.15) is 5.82 Å². The highest BCUT2D eigenvalue weighted by molar-refractivity contribution is 5.80. The number of methoxy groups -OCH3 is 1. The largest absolute Gasteiger partial charge is 0.481 e. The van der Waals surface area contributed by atoms with Gasteiger partial charge in [-0.3, -0.25) is 9.55 Å². The summed E-state index contributed by atoms with van der Waals surface area (Å²) >= 11 is 0. The first-order valence-electron chi connectivity index (χ1n) is 7.23. The third-order valence-electron chi connectivity index (χ3n) is 3.77. The van der Waals surface area contributed by atoms with E-state index in [1.54, 1.807) is 19.5 Å². The van der Waals surface area contributed by atoms with Crippen LogP contribution in [0, 0.1) is 0 Å². The summed E-state index contributed by atoms with van der Waals surface area (Å²) in [4.78, 5) is 13.0. The molecule has 0 saturated heterocycles. The fourth-order valence-electron chi connectivity index (χ4n) is 2.55. The van der Waals surface area contributed by atoms with Gasteiger partial charge >= 0.3 is 0 Å². The van der Waals surface area contributed by atoms with Crippen molar-refractivity contribution in [3.63, 3.8) is 0 Å². The van der Waals surface area contributed by atoms with Crippen LogP contribution in [-0.2, 0) is 0 Å². The van der Waals surface area contributed by atoms with Crippen molar-refractivity contribution >= 4 is 10.9 Å². The van der Waals surface area contributed by atoms with E-state index in [2.05, 4.69) is 21.0 Å². The predicted molar refractivity (Wildman–Crippen MR) is 88.6 cm³/mol. The van der Waals surface area contributed by atoms with E-state index in [9.17, 15) is 0 Å². The molecule has 0 aliphatic carbocycles. The molecule has 0 fully saturated rings. The molecule has 5 heteroatoms. The van der Waals surface area contributed by atoms with Crippen LogP contribution in [0.2, 0.25) is 0 Å². The Morgan fingerprint density at radius 2 is 1.70 bits per heavy atom. The maximum Gasteiger partial charge on any atom is 0.212 e. The van der Waals surface area contributed by atoms with Crippen molar-refractivity contribution in [1.29, 1.82) is 0 Å². The van der Waals surface area contributed by atoms with Crippen molar-refractivity contribution in [1.82, 2.24) is 19.5 Å². The summed E-state index contributed by atoms with van der Waals surface area (Å²) in [5, 5.41) is 1.14. The molecule has 0 amide bonds. The lowest BCUT2D eigenvalue weighted by Gasteiger charge is -2.06. The van der Waals surface area contributed by atoms with Gasteiger partial charge in [-0.25, -0.2) is 9.97 Å². The van der Waals surface area contributed by atoms with E-state index < -0.39 is 0 Å². The number of aromatic nitrogens is 4. The molecule has 0 radical (unpaired) electrons. The van der Waals surface area contributed by atoms with E-state index in [4.69, 9.17) is 4.74 Å². The number of fused-ring (bicyclic) bond motifs is 1. The fraction of sp³-hybridized carbons (Fsp3) is 0.0556. The molecule has 0 aliphatic heterocycles. The molecule has 4 aromatic rings. The smallest absolute Gasteiger partial charge is 0.212 e. The summed E-state index contributed by atoms with van der Waals surface area (Å²) in [6, 6.07) is 11.9. The van der Waals surface area contributed by atoms with Crippen LogP contribution in [0.5, 0.6) is 5.88 Å².